The Balaban J connectivity index is 2.60. The van der Waals surface area contributed by atoms with Crippen LogP contribution in [0.25, 0.3) is 0 Å². The third-order valence-electron chi connectivity index (χ3n) is 2.44. The van der Waals surface area contributed by atoms with Crippen LogP contribution in [-0.4, -0.2) is 5.11 Å². The van der Waals surface area contributed by atoms with E-state index in [9.17, 15) is 5.11 Å². The van der Waals surface area contributed by atoms with Gasteiger partial charge in [-0.15, -0.1) is 0 Å². The summed E-state index contributed by atoms with van der Waals surface area (Å²) in [5, 5.41) is 9.66. The molecule has 64 valence electrons. The average Bonchev–Trinajstić information content (AvgIpc) is 2.41. The monoisotopic (exact) mass is 164 g/mol. The fraction of sp³-hybridized carbons (Fsp3) is 0.400. The van der Waals surface area contributed by atoms with Crippen molar-refractivity contribution in [1.82, 2.24) is 0 Å². The van der Waals surface area contributed by atoms with Crippen LogP contribution in [0.2, 0.25) is 0 Å². The van der Waals surface area contributed by atoms with E-state index in [-0.39, 0.29) is 6.10 Å². The molecular formula is C10H12O2. The molecule has 2 rings (SSSR count). The molecule has 12 heavy (non-hydrogen) atoms. The molecule has 1 aromatic rings. The Bertz CT molecular complexity index is 318. The number of benzene rings is 1. The van der Waals surface area contributed by atoms with Crippen molar-refractivity contribution in [3.8, 4) is 5.75 Å². The number of rotatable bonds is 0. The van der Waals surface area contributed by atoms with Gasteiger partial charge in [-0.2, -0.15) is 0 Å². The molecule has 0 radical (unpaired) electrons. The molecule has 2 nitrogen and oxygen atoms in total. The maximum absolute atomic E-state index is 9.66. The van der Waals surface area contributed by atoms with Gasteiger partial charge in [0.25, 0.3) is 0 Å². The molecule has 1 aromatic carbocycles. The fourth-order valence-corrected chi connectivity index (χ4v) is 1.60. The van der Waals surface area contributed by atoms with Gasteiger partial charge in [0.15, 0.2) is 0 Å². The van der Waals surface area contributed by atoms with Crippen molar-refractivity contribution in [3.05, 3.63) is 28.8 Å². The third kappa shape index (κ3) is 0.916. The highest BCUT2D eigenvalue weighted by Crippen LogP contribution is 2.37. The largest absolute Gasteiger partial charge is 0.507 e. The lowest BCUT2D eigenvalue weighted by Gasteiger charge is -2.05. The first-order chi connectivity index (χ1) is 5.70. The van der Waals surface area contributed by atoms with Gasteiger partial charge in [0.2, 0.25) is 0 Å². The topological polar surface area (TPSA) is 29.5 Å². The van der Waals surface area contributed by atoms with Crippen molar-refractivity contribution in [2.24, 2.45) is 0 Å². The number of aryl methyl sites for hydroxylation is 1. The number of fused-ring (bicyclic) bond motifs is 1. The van der Waals surface area contributed by atoms with Crippen LogP contribution in [0.4, 0.5) is 0 Å². The molecule has 0 saturated carbocycles. The second-order valence-corrected chi connectivity index (χ2v) is 3.25. The normalized spacial score (nSPS) is 21.0. The Labute approximate surface area is 71.8 Å². The van der Waals surface area contributed by atoms with Gasteiger partial charge in [0.05, 0.1) is 12.7 Å². The second kappa shape index (κ2) is 2.49. The minimum absolute atomic E-state index is 0.131. The first kappa shape index (κ1) is 7.62. The summed E-state index contributed by atoms with van der Waals surface area (Å²) < 4.78 is 5.40. The standard InChI is InChI=1S/C10H12O2/c1-6-3-4-8-7(2)12-5-9(8)10(6)11/h3-4,7,11H,5H2,1-2H3/t7-/m0/s1. The maximum Gasteiger partial charge on any atom is 0.124 e. The molecule has 1 heterocycles. The van der Waals surface area contributed by atoms with Gasteiger partial charge in [0.1, 0.15) is 5.75 Å². The highest BCUT2D eigenvalue weighted by molar-refractivity contribution is 5.46. The Morgan fingerprint density at radius 2 is 2.25 bits per heavy atom. The number of phenols is 1. The van der Waals surface area contributed by atoms with Crippen molar-refractivity contribution in [2.45, 2.75) is 26.6 Å². The van der Waals surface area contributed by atoms with E-state index in [1.807, 2.05) is 26.0 Å². The van der Waals surface area contributed by atoms with Gasteiger partial charge in [-0.1, -0.05) is 12.1 Å². The summed E-state index contributed by atoms with van der Waals surface area (Å²) in [4.78, 5) is 0. The summed E-state index contributed by atoms with van der Waals surface area (Å²) in [6.45, 7) is 4.45. The average molecular weight is 164 g/mol. The van der Waals surface area contributed by atoms with E-state index in [4.69, 9.17) is 4.74 Å². The van der Waals surface area contributed by atoms with Crippen LogP contribution in [0.1, 0.15) is 29.7 Å². The fourth-order valence-electron chi connectivity index (χ4n) is 1.60. The number of hydrogen-bond acceptors (Lipinski definition) is 2. The number of ether oxygens (including phenoxy) is 1. The van der Waals surface area contributed by atoms with Crippen molar-refractivity contribution < 1.29 is 9.84 Å². The van der Waals surface area contributed by atoms with E-state index < -0.39 is 0 Å². The van der Waals surface area contributed by atoms with Gasteiger partial charge in [0, 0.05) is 5.56 Å². The molecule has 1 aliphatic rings. The number of phenolic OH excluding ortho intramolecular Hbond substituents is 1. The number of hydrogen-bond donors (Lipinski definition) is 1. The Kier molecular flexibility index (Phi) is 1.58. The maximum atomic E-state index is 9.66. The van der Waals surface area contributed by atoms with E-state index >= 15 is 0 Å². The Hall–Kier alpha value is -1.02. The quantitative estimate of drug-likeness (QED) is 0.637. The van der Waals surface area contributed by atoms with Crippen LogP contribution in [0, 0.1) is 6.92 Å². The lowest BCUT2D eigenvalue weighted by molar-refractivity contribution is 0.0790. The second-order valence-electron chi connectivity index (χ2n) is 3.25. The lowest BCUT2D eigenvalue weighted by atomic mass is 10.0. The van der Waals surface area contributed by atoms with E-state index in [0.29, 0.717) is 12.4 Å². The van der Waals surface area contributed by atoms with Crippen LogP contribution in [0.3, 0.4) is 0 Å². The predicted molar refractivity (Wildman–Crippen MR) is 46.0 cm³/mol. The molecule has 0 spiro atoms. The van der Waals surface area contributed by atoms with E-state index in [0.717, 1.165) is 16.7 Å². The van der Waals surface area contributed by atoms with Crippen LogP contribution in [0.5, 0.6) is 5.75 Å². The summed E-state index contributed by atoms with van der Waals surface area (Å²) in [5.74, 6) is 0.400. The summed E-state index contributed by atoms with van der Waals surface area (Å²) in [5.41, 5.74) is 3.01. The molecule has 0 unspecified atom stereocenters. The van der Waals surface area contributed by atoms with Crippen molar-refractivity contribution in [2.75, 3.05) is 0 Å². The molecule has 0 aliphatic carbocycles. The van der Waals surface area contributed by atoms with Gasteiger partial charge < -0.3 is 9.84 Å². The summed E-state index contributed by atoms with van der Waals surface area (Å²) in [6.07, 6.45) is 0.131. The predicted octanol–water partition coefficient (Wildman–Crippen LogP) is 2.29. The first-order valence-electron chi connectivity index (χ1n) is 4.13. The minimum atomic E-state index is 0.131. The van der Waals surface area contributed by atoms with Crippen molar-refractivity contribution in [1.29, 1.82) is 0 Å². The first-order valence-corrected chi connectivity index (χ1v) is 4.13. The molecule has 0 fully saturated rings. The molecular weight excluding hydrogens is 152 g/mol. The lowest BCUT2D eigenvalue weighted by Crippen LogP contribution is -1.88. The zero-order valence-corrected chi connectivity index (χ0v) is 7.29. The zero-order valence-electron chi connectivity index (χ0n) is 7.29. The molecule has 0 amide bonds. The van der Waals surface area contributed by atoms with Crippen LogP contribution in [-0.2, 0) is 11.3 Å². The van der Waals surface area contributed by atoms with E-state index in [1.54, 1.807) is 0 Å². The van der Waals surface area contributed by atoms with Gasteiger partial charge >= 0.3 is 0 Å². The molecule has 1 atom stereocenters. The van der Waals surface area contributed by atoms with E-state index in [1.165, 1.54) is 0 Å². The summed E-state index contributed by atoms with van der Waals surface area (Å²) >= 11 is 0. The van der Waals surface area contributed by atoms with Gasteiger partial charge in [-0.3, -0.25) is 0 Å². The Morgan fingerprint density at radius 1 is 1.50 bits per heavy atom. The molecule has 2 heteroatoms. The SMILES string of the molecule is Cc1ccc2c(c1O)CO[C@H]2C. The van der Waals surface area contributed by atoms with E-state index in [2.05, 4.69) is 0 Å². The number of aromatic hydroxyl groups is 1. The molecule has 1 aliphatic heterocycles. The summed E-state index contributed by atoms with van der Waals surface area (Å²) in [7, 11) is 0. The minimum Gasteiger partial charge on any atom is -0.507 e. The third-order valence-corrected chi connectivity index (χ3v) is 2.44. The van der Waals surface area contributed by atoms with Gasteiger partial charge in [-0.25, -0.2) is 0 Å². The molecule has 0 saturated heterocycles. The smallest absolute Gasteiger partial charge is 0.124 e. The van der Waals surface area contributed by atoms with Crippen molar-refractivity contribution in [3.63, 3.8) is 0 Å². The zero-order chi connectivity index (χ0) is 8.72. The van der Waals surface area contributed by atoms with Crippen LogP contribution >= 0.6 is 0 Å². The van der Waals surface area contributed by atoms with Crippen molar-refractivity contribution >= 4 is 0 Å². The molecule has 0 bridgehead atoms. The molecule has 1 N–H and O–H groups in total. The summed E-state index contributed by atoms with van der Waals surface area (Å²) in [6, 6.07) is 3.96. The van der Waals surface area contributed by atoms with Crippen LogP contribution < -0.4 is 0 Å². The highest BCUT2D eigenvalue weighted by Gasteiger charge is 2.22. The van der Waals surface area contributed by atoms with Gasteiger partial charge in [-0.05, 0) is 25.0 Å². The highest BCUT2D eigenvalue weighted by atomic mass is 16.5. The molecule has 0 aromatic heterocycles. The Morgan fingerprint density at radius 3 is 3.00 bits per heavy atom. The van der Waals surface area contributed by atoms with Crippen LogP contribution in [0.15, 0.2) is 12.1 Å².